The van der Waals surface area contributed by atoms with Crippen LogP contribution in [0.1, 0.15) is 65.7 Å². The molecule has 1 heteroatoms. The van der Waals surface area contributed by atoms with Crippen LogP contribution in [0.2, 0.25) is 0 Å². The third kappa shape index (κ3) is 5.55. The van der Waals surface area contributed by atoms with Gasteiger partial charge in [0, 0.05) is 12.6 Å². The zero-order valence-corrected chi connectivity index (χ0v) is 11.0. The van der Waals surface area contributed by atoms with Crippen LogP contribution in [0.4, 0.5) is 0 Å². The largest absolute Gasteiger partial charge is 0.298 e. The smallest absolute Gasteiger partial charge is 0.0223 e. The first-order chi connectivity index (χ1) is 7.27. The van der Waals surface area contributed by atoms with Crippen LogP contribution in [0.5, 0.6) is 0 Å². The van der Waals surface area contributed by atoms with Crippen molar-refractivity contribution in [2.45, 2.75) is 71.8 Å². The SMILES string of the molecule is CCCC1CN1CCCCCC(C)CC. The molecule has 3 atom stereocenters. The van der Waals surface area contributed by atoms with Gasteiger partial charge in [0.2, 0.25) is 0 Å². The van der Waals surface area contributed by atoms with E-state index in [2.05, 4.69) is 25.7 Å². The molecule has 0 spiro atoms. The first-order valence-electron chi connectivity index (χ1n) is 7.02. The van der Waals surface area contributed by atoms with Gasteiger partial charge < -0.3 is 0 Å². The van der Waals surface area contributed by atoms with Gasteiger partial charge in [0.05, 0.1) is 0 Å². The van der Waals surface area contributed by atoms with Crippen molar-refractivity contribution in [1.29, 1.82) is 0 Å². The Labute approximate surface area is 96.2 Å². The van der Waals surface area contributed by atoms with Gasteiger partial charge in [-0.3, -0.25) is 4.90 Å². The van der Waals surface area contributed by atoms with E-state index >= 15 is 0 Å². The van der Waals surface area contributed by atoms with Crippen LogP contribution in [0.3, 0.4) is 0 Å². The van der Waals surface area contributed by atoms with Crippen molar-refractivity contribution in [3.05, 3.63) is 0 Å². The zero-order valence-electron chi connectivity index (χ0n) is 11.0. The lowest BCUT2D eigenvalue weighted by Crippen LogP contribution is -2.04. The van der Waals surface area contributed by atoms with Crippen LogP contribution >= 0.6 is 0 Å². The molecule has 0 radical (unpaired) electrons. The van der Waals surface area contributed by atoms with Gasteiger partial charge in [-0.15, -0.1) is 0 Å². The van der Waals surface area contributed by atoms with Gasteiger partial charge in [-0.2, -0.15) is 0 Å². The first kappa shape index (κ1) is 13.0. The minimum Gasteiger partial charge on any atom is -0.298 e. The van der Waals surface area contributed by atoms with Gasteiger partial charge in [0.15, 0.2) is 0 Å². The average molecular weight is 211 g/mol. The molecule has 90 valence electrons. The third-order valence-electron chi connectivity index (χ3n) is 3.79. The number of unbranched alkanes of at least 4 members (excludes halogenated alkanes) is 2. The van der Waals surface area contributed by atoms with Crippen molar-refractivity contribution in [1.82, 2.24) is 4.90 Å². The summed E-state index contributed by atoms with van der Waals surface area (Å²) in [6.45, 7) is 9.73. The molecule has 1 fully saturated rings. The Morgan fingerprint density at radius 2 is 2.00 bits per heavy atom. The summed E-state index contributed by atoms with van der Waals surface area (Å²) in [5.41, 5.74) is 0. The fraction of sp³-hybridized carbons (Fsp3) is 1.00. The van der Waals surface area contributed by atoms with Crippen LogP contribution in [-0.4, -0.2) is 24.0 Å². The molecule has 0 aliphatic carbocycles. The Bertz CT molecular complexity index is 155. The van der Waals surface area contributed by atoms with Crippen molar-refractivity contribution < 1.29 is 0 Å². The molecule has 0 saturated carbocycles. The molecule has 1 aliphatic heterocycles. The van der Waals surface area contributed by atoms with Crippen molar-refractivity contribution in [2.75, 3.05) is 13.1 Å². The van der Waals surface area contributed by atoms with Gasteiger partial charge >= 0.3 is 0 Å². The maximum Gasteiger partial charge on any atom is 0.0223 e. The van der Waals surface area contributed by atoms with Gasteiger partial charge in [-0.05, 0) is 25.3 Å². The number of hydrogen-bond acceptors (Lipinski definition) is 1. The molecule has 1 aliphatic rings. The molecule has 1 nitrogen and oxygen atoms in total. The number of hydrogen-bond donors (Lipinski definition) is 0. The van der Waals surface area contributed by atoms with Crippen molar-refractivity contribution >= 4 is 0 Å². The quantitative estimate of drug-likeness (QED) is 0.410. The van der Waals surface area contributed by atoms with Gasteiger partial charge in [0.1, 0.15) is 0 Å². The Morgan fingerprint density at radius 3 is 2.67 bits per heavy atom. The van der Waals surface area contributed by atoms with Crippen molar-refractivity contribution in [2.24, 2.45) is 5.92 Å². The highest BCUT2D eigenvalue weighted by Gasteiger charge is 2.31. The summed E-state index contributed by atoms with van der Waals surface area (Å²) in [4.78, 5) is 2.65. The lowest BCUT2D eigenvalue weighted by molar-refractivity contribution is 0.436. The van der Waals surface area contributed by atoms with E-state index in [-0.39, 0.29) is 0 Å². The van der Waals surface area contributed by atoms with E-state index in [4.69, 9.17) is 0 Å². The van der Waals surface area contributed by atoms with Gasteiger partial charge in [-0.25, -0.2) is 0 Å². The fourth-order valence-electron chi connectivity index (χ4n) is 2.29. The van der Waals surface area contributed by atoms with E-state index in [0.717, 1.165) is 12.0 Å². The molecule has 3 unspecified atom stereocenters. The van der Waals surface area contributed by atoms with Gasteiger partial charge in [0.25, 0.3) is 0 Å². The molecule has 0 aromatic heterocycles. The zero-order chi connectivity index (χ0) is 11.1. The predicted octanol–water partition coefficient (Wildman–Crippen LogP) is 4.08. The number of rotatable bonds is 9. The Morgan fingerprint density at radius 1 is 1.20 bits per heavy atom. The molecular weight excluding hydrogens is 182 g/mol. The lowest BCUT2D eigenvalue weighted by Gasteiger charge is -2.07. The Balaban J connectivity index is 1.82. The predicted molar refractivity (Wildman–Crippen MR) is 68.2 cm³/mol. The number of nitrogens with zero attached hydrogens (tertiary/aromatic N) is 1. The molecular formula is C14H29N. The topological polar surface area (TPSA) is 3.01 Å². The van der Waals surface area contributed by atoms with Gasteiger partial charge in [-0.1, -0.05) is 52.9 Å². The summed E-state index contributed by atoms with van der Waals surface area (Å²) in [5.74, 6) is 0.944. The monoisotopic (exact) mass is 211 g/mol. The highest BCUT2D eigenvalue weighted by Crippen LogP contribution is 2.23. The van der Waals surface area contributed by atoms with Crippen molar-refractivity contribution in [3.8, 4) is 0 Å². The highest BCUT2D eigenvalue weighted by molar-refractivity contribution is 4.87. The maximum atomic E-state index is 2.65. The van der Waals surface area contributed by atoms with Crippen LogP contribution in [0.15, 0.2) is 0 Å². The van der Waals surface area contributed by atoms with E-state index in [1.165, 1.54) is 58.0 Å². The summed E-state index contributed by atoms with van der Waals surface area (Å²) < 4.78 is 0. The summed E-state index contributed by atoms with van der Waals surface area (Å²) in [6.07, 6.45) is 9.89. The third-order valence-corrected chi connectivity index (χ3v) is 3.79. The second-order valence-corrected chi connectivity index (χ2v) is 5.30. The molecule has 0 bridgehead atoms. The second kappa shape index (κ2) is 7.27. The minimum absolute atomic E-state index is 0.944. The summed E-state index contributed by atoms with van der Waals surface area (Å²) >= 11 is 0. The normalized spacial score (nSPS) is 26.6. The lowest BCUT2D eigenvalue weighted by atomic mass is 10.0. The first-order valence-corrected chi connectivity index (χ1v) is 7.02. The molecule has 1 rings (SSSR count). The van der Waals surface area contributed by atoms with E-state index < -0.39 is 0 Å². The molecule has 0 amide bonds. The second-order valence-electron chi connectivity index (χ2n) is 5.30. The maximum absolute atomic E-state index is 2.65. The van der Waals surface area contributed by atoms with Crippen LogP contribution in [0, 0.1) is 5.92 Å². The van der Waals surface area contributed by atoms with Crippen molar-refractivity contribution in [3.63, 3.8) is 0 Å². The minimum atomic E-state index is 0.944. The highest BCUT2D eigenvalue weighted by atomic mass is 15.3. The van der Waals surface area contributed by atoms with E-state index in [0.29, 0.717) is 0 Å². The fourth-order valence-corrected chi connectivity index (χ4v) is 2.29. The molecule has 1 saturated heterocycles. The van der Waals surface area contributed by atoms with E-state index in [1.54, 1.807) is 0 Å². The van der Waals surface area contributed by atoms with E-state index in [9.17, 15) is 0 Å². The molecule has 0 aromatic carbocycles. The summed E-state index contributed by atoms with van der Waals surface area (Å²) in [6, 6.07) is 0.963. The van der Waals surface area contributed by atoms with E-state index in [1.807, 2.05) is 0 Å². The standard InChI is InChI=1S/C14H29N/c1-4-9-14-12-15(14)11-8-6-7-10-13(3)5-2/h13-14H,4-12H2,1-3H3. The average Bonchev–Trinajstić information content (AvgIpc) is 2.96. The Kier molecular flexibility index (Phi) is 6.31. The van der Waals surface area contributed by atoms with Crippen LogP contribution in [0.25, 0.3) is 0 Å². The molecule has 0 aromatic rings. The molecule has 15 heavy (non-hydrogen) atoms. The van der Waals surface area contributed by atoms with Crippen LogP contribution in [-0.2, 0) is 0 Å². The van der Waals surface area contributed by atoms with Crippen LogP contribution < -0.4 is 0 Å². The molecule has 0 N–H and O–H groups in total. The summed E-state index contributed by atoms with van der Waals surface area (Å²) in [7, 11) is 0. The summed E-state index contributed by atoms with van der Waals surface area (Å²) in [5, 5.41) is 0. The molecule has 1 heterocycles. The Hall–Kier alpha value is -0.0400.